The predicted molar refractivity (Wildman–Crippen MR) is 106 cm³/mol. The number of fused-ring (bicyclic) bond motifs is 1. The first-order valence-corrected chi connectivity index (χ1v) is 9.78. The topological polar surface area (TPSA) is 90.9 Å². The van der Waals surface area contributed by atoms with Gasteiger partial charge in [-0.15, -0.1) is 0 Å². The summed E-state index contributed by atoms with van der Waals surface area (Å²) >= 11 is 0. The third-order valence-electron chi connectivity index (χ3n) is 5.43. The fourth-order valence-electron chi connectivity index (χ4n) is 3.72. The molecule has 7 nitrogen and oxygen atoms in total. The zero-order chi connectivity index (χ0) is 22.1. The van der Waals surface area contributed by atoms with E-state index >= 15 is 0 Å². The molecular formula is C21H20F3N3O4. The van der Waals surface area contributed by atoms with E-state index in [-0.39, 0.29) is 17.5 Å². The van der Waals surface area contributed by atoms with Crippen molar-refractivity contribution in [3.63, 3.8) is 0 Å². The number of aliphatic hydroxyl groups is 1. The number of hydrogen-bond donors (Lipinski definition) is 3. The van der Waals surface area contributed by atoms with Crippen molar-refractivity contribution in [3.05, 3.63) is 47.8 Å². The Kier molecular flexibility index (Phi) is 5.73. The van der Waals surface area contributed by atoms with E-state index in [9.17, 15) is 22.8 Å². The highest BCUT2D eigenvalue weighted by atomic mass is 19.2. The number of anilines is 3. The molecule has 1 unspecified atom stereocenters. The van der Waals surface area contributed by atoms with E-state index < -0.39 is 36.1 Å². The Balaban J connectivity index is 1.37. The molecule has 0 spiro atoms. The molecule has 1 fully saturated rings. The minimum atomic E-state index is -1.50. The van der Waals surface area contributed by atoms with Gasteiger partial charge in [-0.05, 0) is 31.0 Å². The first kappa shape index (κ1) is 21.0. The van der Waals surface area contributed by atoms with Gasteiger partial charge in [-0.25, -0.2) is 13.2 Å². The van der Waals surface area contributed by atoms with Crippen molar-refractivity contribution in [2.24, 2.45) is 5.92 Å². The van der Waals surface area contributed by atoms with Gasteiger partial charge in [0.1, 0.15) is 5.75 Å². The molecule has 0 radical (unpaired) electrons. The first-order chi connectivity index (χ1) is 14.9. The van der Waals surface area contributed by atoms with Gasteiger partial charge >= 0.3 is 0 Å². The number of hydrogen-bond acceptors (Lipinski definition) is 5. The average molecular weight is 435 g/mol. The summed E-state index contributed by atoms with van der Waals surface area (Å²) < 4.78 is 45.5. The van der Waals surface area contributed by atoms with E-state index in [4.69, 9.17) is 9.84 Å². The molecule has 0 aliphatic carbocycles. The molecule has 1 saturated heterocycles. The fraction of sp³-hybridized carbons (Fsp3) is 0.333. The van der Waals surface area contributed by atoms with E-state index in [1.54, 1.807) is 23.1 Å². The maximum atomic E-state index is 13.5. The molecule has 4 rings (SSSR count). The van der Waals surface area contributed by atoms with Crippen molar-refractivity contribution in [1.29, 1.82) is 0 Å². The van der Waals surface area contributed by atoms with Gasteiger partial charge in [0.05, 0.1) is 12.3 Å². The van der Waals surface area contributed by atoms with Crippen LogP contribution in [0.15, 0.2) is 30.3 Å². The van der Waals surface area contributed by atoms with Crippen LogP contribution in [0.25, 0.3) is 0 Å². The van der Waals surface area contributed by atoms with Gasteiger partial charge in [0.2, 0.25) is 5.91 Å². The maximum absolute atomic E-state index is 13.5. The van der Waals surface area contributed by atoms with Gasteiger partial charge in [0.15, 0.2) is 23.6 Å². The van der Waals surface area contributed by atoms with Crippen LogP contribution >= 0.6 is 0 Å². The molecule has 0 aromatic heterocycles. The molecule has 10 heteroatoms. The third kappa shape index (κ3) is 4.29. The second-order valence-electron chi connectivity index (χ2n) is 7.46. The molecule has 164 valence electrons. The molecule has 1 atom stereocenters. The second kappa shape index (κ2) is 8.46. The van der Waals surface area contributed by atoms with E-state index in [2.05, 4.69) is 10.6 Å². The Labute approximate surface area is 175 Å². The highest BCUT2D eigenvalue weighted by Gasteiger charge is 2.29. The minimum Gasteiger partial charge on any atom is -0.476 e. The summed E-state index contributed by atoms with van der Waals surface area (Å²) in [6.07, 6.45) is -0.0636. The smallest absolute Gasteiger partial charge is 0.267 e. The summed E-state index contributed by atoms with van der Waals surface area (Å²) in [7, 11) is 0. The highest BCUT2D eigenvalue weighted by molar-refractivity contribution is 5.99. The zero-order valence-electron chi connectivity index (χ0n) is 16.3. The van der Waals surface area contributed by atoms with Crippen LogP contribution in [0.3, 0.4) is 0 Å². The van der Waals surface area contributed by atoms with Crippen molar-refractivity contribution in [2.45, 2.75) is 18.9 Å². The average Bonchev–Trinajstić information content (AvgIpc) is 2.76. The van der Waals surface area contributed by atoms with Crippen LogP contribution in [0.4, 0.5) is 30.2 Å². The van der Waals surface area contributed by atoms with Crippen molar-refractivity contribution >= 4 is 28.9 Å². The van der Waals surface area contributed by atoms with Crippen LogP contribution in [0, 0.1) is 23.4 Å². The summed E-state index contributed by atoms with van der Waals surface area (Å²) in [5.74, 6) is -4.61. The lowest BCUT2D eigenvalue weighted by Crippen LogP contribution is -2.39. The summed E-state index contributed by atoms with van der Waals surface area (Å²) in [5, 5.41) is 14.6. The number of nitrogens with zero attached hydrogens (tertiary/aromatic N) is 1. The zero-order valence-corrected chi connectivity index (χ0v) is 16.3. The highest BCUT2D eigenvalue weighted by Crippen LogP contribution is 2.33. The van der Waals surface area contributed by atoms with Gasteiger partial charge < -0.3 is 25.4 Å². The molecule has 2 aliphatic rings. The van der Waals surface area contributed by atoms with E-state index in [0.717, 1.165) is 12.1 Å². The number of ether oxygens (including phenoxy) is 1. The van der Waals surface area contributed by atoms with Gasteiger partial charge in [-0.3, -0.25) is 9.59 Å². The van der Waals surface area contributed by atoms with Crippen LogP contribution in [0.1, 0.15) is 12.8 Å². The number of halogens is 3. The minimum absolute atomic E-state index is 0.215. The lowest BCUT2D eigenvalue weighted by molar-refractivity contribution is -0.125. The lowest BCUT2D eigenvalue weighted by atomic mass is 9.95. The first-order valence-electron chi connectivity index (χ1n) is 9.78. The van der Waals surface area contributed by atoms with E-state index in [0.29, 0.717) is 43.1 Å². The Morgan fingerprint density at radius 2 is 1.84 bits per heavy atom. The Morgan fingerprint density at radius 1 is 1.16 bits per heavy atom. The van der Waals surface area contributed by atoms with Crippen LogP contribution in [0.5, 0.6) is 5.75 Å². The largest absolute Gasteiger partial charge is 0.476 e. The molecule has 0 bridgehead atoms. The molecule has 2 aromatic rings. The monoisotopic (exact) mass is 435 g/mol. The molecule has 2 aliphatic heterocycles. The van der Waals surface area contributed by atoms with E-state index in [1.807, 2.05) is 0 Å². The van der Waals surface area contributed by atoms with E-state index in [1.165, 1.54) is 0 Å². The van der Waals surface area contributed by atoms with Crippen LogP contribution in [-0.4, -0.2) is 42.7 Å². The lowest BCUT2D eigenvalue weighted by Gasteiger charge is -2.33. The number of amides is 2. The number of nitrogens with one attached hydrogen (secondary N) is 2. The standard InChI is InChI=1S/C21H20F3N3O4/c22-14-8-13(9-15(23)19(14)24)27-5-3-11(4-6-27)20(29)25-12-1-2-17-16(7-12)26-21(30)18(10-28)31-17/h1-2,7-9,11,18,28H,3-6,10H2,(H,25,29)(H,26,30). The van der Waals surface area contributed by atoms with Gasteiger partial charge in [0.25, 0.3) is 5.91 Å². The summed E-state index contributed by atoms with van der Waals surface area (Å²) in [4.78, 5) is 26.2. The van der Waals surface area contributed by atoms with Gasteiger partial charge in [-0.1, -0.05) is 0 Å². The van der Waals surface area contributed by atoms with Crippen molar-refractivity contribution < 1.29 is 32.6 Å². The summed E-state index contributed by atoms with van der Waals surface area (Å²) in [6.45, 7) is 0.331. The normalized spacial score (nSPS) is 18.8. The number of aliphatic hydroxyl groups excluding tert-OH is 1. The Bertz CT molecular complexity index is 1000. The molecular weight excluding hydrogens is 415 g/mol. The SMILES string of the molecule is O=C(Nc1ccc2c(c1)NC(=O)C(CO)O2)C1CCN(c2cc(F)c(F)c(F)c2)CC1. The van der Waals surface area contributed by atoms with Gasteiger partial charge in [0, 0.05) is 42.5 Å². The Morgan fingerprint density at radius 3 is 2.48 bits per heavy atom. The molecule has 0 saturated carbocycles. The second-order valence-corrected chi connectivity index (χ2v) is 7.46. The van der Waals surface area contributed by atoms with Crippen LogP contribution in [-0.2, 0) is 9.59 Å². The molecule has 2 aromatic carbocycles. The number of carbonyl (C=O) groups is 2. The van der Waals surface area contributed by atoms with Crippen molar-refractivity contribution in [2.75, 3.05) is 35.2 Å². The van der Waals surface area contributed by atoms with Crippen molar-refractivity contribution in [1.82, 2.24) is 0 Å². The summed E-state index contributed by atoms with van der Waals surface area (Å²) in [6, 6.07) is 6.68. The maximum Gasteiger partial charge on any atom is 0.267 e. The third-order valence-corrected chi connectivity index (χ3v) is 5.43. The number of piperidine rings is 1. The number of rotatable bonds is 4. The molecule has 31 heavy (non-hydrogen) atoms. The molecule has 3 N–H and O–H groups in total. The van der Waals surface area contributed by atoms with Crippen molar-refractivity contribution in [3.8, 4) is 5.75 Å². The number of carbonyl (C=O) groups excluding carboxylic acids is 2. The van der Waals surface area contributed by atoms with Crippen LogP contribution in [0.2, 0.25) is 0 Å². The molecule has 2 heterocycles. The summed E-state index contributed by atoms with van der Waals surface area (Å²) in [5.41, 5.74) is 1.10. The number of benzene rings is 2. The fourth-order valence-corrected chi connectivity index (χ4v) is 3.72. The van der Waals surface area contributed by atoms with Gasteiger partial charge in [-0.2, -0.15) is 0 Å². The molecule has 2 amide bonds. The predicted octanol–water partition coefficient (Wildman–Crippen LogP) is 2.65. The van der Waals surface area contributed by atoms with Crippen LogP contribution < -0.4 is 20.3 Å². The quantitative estimate of drug-likeness (QED) is 0.643. The Hall–Kier alpha value is -3.27.